The van der Waals surface area contributed by atoms with E-state index in [4.69, 9.17) is 16.3 Å². The van der Waals surface area contributed by atoms with Crippen LogP contribution in [0.3, 0.4) is 0 Å². The molecular weight excluding hydrogens is 370 g/mol. The Labute approximate surface area is 162 Å². The molecule has 3 fully saturated rings. The van der Waals surface area contributed by atoms with E-state index in [0.717, 1.165) is 12.8 Å². The number of ether oxygens (including phenoxy) is 1. The number of benzene rings is 1. The molecule has 0 aromatic heterocycles. The number of carbonyl (C=O) groups excluding carboxylic acids is 3. The minimum absolute atomic E-state index is 0.127. The van der Waals surface area contributed by atoms with Gasteiger partial charge in [0.15, 0.2) is 0 Å². The van der Waals surface area contributed by atoms with E-state index >= 15 is 0 Å². The minimum Gasteiger partial charge on any atom is -0.374 e. The molecule has 1 aromatic carbocycles. The number of piperidine rings is 1. The summed E-state index contributed by atoms with van der Waals surface area (Å²) in [5.74, 6) is -1.21. The van der Waals surface area contributed by atoms with Gasteiger partial charge in [-0.2, -0.15) is 0 Å². The van der Waals surface area contributed by atoms with Crippen molar-refractivity contribution in [2.75, 3.05) is 26.2 Å². The number of hydrogen-bond donors (Lipinski definition) is 1. The SMILES string of the molecule is O=C(NC1CC1)C(=O)N1CC[C@H]2OCCN(C(=O)c3cccc(Cl)c3)[C@H]2C1. The van der Waals surface area contributed by atoms with Crippen molar-refractivity contribution in [2.24, 2.45) is 0 Å². The lowest BCUT2D eigenvalue weighted by atomic mass is 9.97. The van der Waals surface area contributed by atoms with Gasteiger partial charge in [0.2, 0.25) is 0 Å². The van der Waals surface area contributed by atoms with Crippen LogP contribution in [0.1, 0.15) is 29.6 Å². The van der Waals surface area contributed by atoms with Crippen molar-refractivity contribution in [1.82, 2.24) is 15.1 Å². The number of rotatable bonds is 2. The van der Waals surface area contributed by atoms with Gasteiger partial charge in [0, 0.05) is 36.3 Å². The molecule has 144 valence electrons. The Morgan fingerprint density at radius 1 is 1.15 bits per heavy atom. The zero-order valence-electron chi connectivity index (χ0n) is 14.9. The second-order valence-corrected chi connectivity index (χ2v) is 7.71. The minimum atomic E-state index is -0.555. The lowest BCUT2D eigenvalue weighted by Crippen LogP contribution is -2.63. The van der Waals surface area contributed by atoms with Crippen LogP contribution in [0, 0.1) is 0 Å². The van der Waals surface area contributed by atoms with Gasteiger partial charge in [-0.3, -0.25) is 14.4 Å². The summed E-state index contributed by atoms with van der Waals surface area (Å²) < 4.78 is 5.83. The Balaban J connectivity index is 1.48. The Morgan fingerprint density at radius 2 is 1.96 bits per heavy atom. The Hall–Kier alpha value is -2.12. The molecule has 7 nitrogen and oxygen atoms in total. The molecule has 3 aliphatic rings. The topological polar surface area (TPSA) is 79.0 Å². The van der Waals surface area contributed by atoms with Gasteiger partial charge in [0.25, 0.3) is 5.91 Å². The van der Waals surface area contributed by atoms with E-state index in [-0.39, 0.29) is 24.1 Å². The monoisotopic (exact) mass is 391 g/mol. The molecule has 1 N–H and O–H groups in total. The van der Waals surface area contributed by atoms with Crippen LogP contribution in [-0.2, 0) is 14.3 Å². The number of hydrogen-bond acceptors (Lipinski definition) is 4. The predicted octanol–water partition coefficient (Wildman–Crippen LogP) is 1.06. The summed E-state index contributed by atoms with van der Waals surface area (Å²) in [4.78, 5) is 40.9. The summed E-state index contributed by atoms with van der Waals surface area (Å²) in [6.07, 6.45) is 2.34. The summed E-state index contributed by atoms with van der Waals surface area (Å²) in [7, 11) is 0. The average molecular weight is 392 g/mol. The summed E-state index contributed by atoms with van der Waals surface area (Å²) in [5, 5.41) is 3.24. The first-order valence-corrected chi connectivity index (χ1v) is 9.68. The van der Waals surface area contributed by atoms with E-state index in [1.807, 2.05) is 0 Å². The van der Waals surface area contributed by atoms with E-state index in [1.54, 1.807) is 29.2 Å². The van der Waals surface area contributed by atoms with E-state index in [0.29, 0.717) is 43.2 Å². The van der Waals surface area contributed by atoms with Crippen molar-refractivity contribution < 1.29 is 19.1 Å². The van der Waals surface area contributed by atoms with Crippen LogP contribution in [0.25, 0.3) is 0 Å². The third kappa shape index (κ3) is 3.94. The van der Waals surface area contributed by atoms with Crippen LogP contribution < -0.4 is 5.32 Å². The van der Waals surface area contributed by atoms with Gasteiger partial charge in [-0.05, 0) is 37.5 Å². The second kappa shape index (κ2) is 7.48. The summed E-state index contributed by atoms with van der Waals surface area (Å²) in [5.41, 5.74) is 0.512. The molecule has 2 saturated heterocycles. The second-order valence-electron chi connectivity index (χ2n) is 7.27. The van der Waals surface area contributed by atoms with Gasteiger partial charge in [-0.15, -0.1) is 0 Å². The lowest BCUT2D eigenvalue weighted by Gasteiger charge is -2.46. The quantitative estimate of drug-likeness (QED) is 0.765. The zero-order valence-corrected chi connectivity index (χ0v) is 15.7. The number of amides is 3. The van der Waals surface area contributed by atoms with Crippen molar-refractivity contribution >= 4 is 29.3 Å². The first-order chi connectivity index (χ1) is 13.0. The molecule has 0 radical (unpaired) electrons. The molecule has 8 heteroatoms. The van der Waals surface area contributed by atoms with Crippen molar-refractivity contribution in [3.05, 3.63) is 34.9 Å². The average Bonchev–Trinajstić information content (AvgIpc) is 3.50. The fraction of sp³-hybridized carbons (Fsp3) is 0.526. The number of fused-ring (bicyclic) bond motifs is 1. The van der Waals surface area contributed by atoms with Gasteiger partial charge in [0.1, 0.15) is 0 Å². The fourth-order valence-electron chi connectivity index (χ4n) is 3.71. The number of likely N-dealkylation sites (tertiary alicyclic amines) is 1. The molecule has 27 heavy (non-hydrogen) atoms. The lowest BCUT2D eigenvalue weighted by molar-refractivity contribution is -0.151. The molecule has 2 atom stereocenters. The zero-order chi connectivity index (χ0) is 19.0. The Kier molecular flexibility index (Phi) is 5.06. The van der Waals surface area contributed by atoms with Crippen molar-refractivity contribution in [3.8, 4) is 0 Å². The Morgan fingerprint density at radius 3 is 2.70 bits per heavy atom. The maximum absolute atomic E-state index is 13.0. The normalized spacial score (nSPS) is 24.9. The van der Waals surface area contributed by atoms with Gasteiger partial charge in [0.05, 0.1) is 18.8 Å². The van der Waals surface area contributed by atoms with Crippen molar-refractivity contribution in [3.63, 3.8) is 0 Å². The number of nitrogens with one attached hydrogen (secondary N) is 1. The van der Waals surface area contributed by atoms with E-state index in [2.05, 4.69) is 5.32 Å². The maximum Gasteiger partial charge on any atom is 0.311 e. The van der Waals surface area contributed by atoms with Crippen LogP contribution >= 0.6 is 11.6 Å². The molecule has 4 rings (SSSR count). The molecule has 0 unspecified atom stereocenters. The largest absolute Gasteiger partial charge is 0.374 e. The van der Waals surface area contributed by atoms with Crippen LogP contribution in [0.5, 0.6) is 0 Å². The van der Waals surface area contributed by atoms with Gasteiger partial charge in [-0.25, -0.2) is 0 Å². The molecule has 1 aromatic rings. The van der Waals surface area contributed by atoms with Crippen LogP contribution in [0.2, 0.25) is 5.02 Å². The molecule has 0 spiro atoms. The first-order valence-electron chi connectivity index (χ1n) is 9.31. The summed E-state index contributed by atoms with van der Waals surface area (Å²) in [6.45, 7) is 1.66. The smallest absolute Gasteiger partial charge is 0.311 e. The van der Waals surface area contributed by atoms with Crippen molar-refractivity contribution in [2.45, 2.75) is 37.5 Å². The highest BCUT2D eigenvalue weighted by molar-refractivity contribution is 6.35. The van der Waals surface area contributed by atoms with Crippen LogP contribution in [0.4, 0.5) is 0 Å². The molecule has 1 saturated carbocycles. The van der Waals surface area contributed by atoms with Crippen LogP contribution in [0.15, 0.2) is 24.3 Å². The first kappa shape index (κ1) is 18.3. The van der Waals surface area contributed by atoms with E-state index in [9.17, 15) is 14.4 Å². The molecule has 2 heterocycles. The highest BCUT2D eigenvalue weighted by Crippen LogP contribution is 2.26. The molecular formula is C19H22ClN3O4. The summed E-state index contributed by atoms with van der Waals surface area (Å²) >= 11 is 6.02. The highest BCUT2D eigenvalue weighted by atomic mass is 35.5. The molecule has 1 aliphatic carbocycles. The molecule has 2 aliphatic heterocycles. The third-order valence-electron chi connectivity index (χ3n) is 5.31. The third-order valence-corrected chi connectivity index (χ3v) is 5.55. The molecule has 3 amide bonds. The van der Waals surface area contributed by atoms with Gasteiger partial charge >= 0.3 is 11.8 Å². The number of morpholine rings is 1. The number of halogens is 1. The van der Waals surface area contributed by atoms with E-state index in [1.165, 1.54) is 4.90 Å². The standard InChI is InChI=1S/C19H22ClN3O4/c20-13-3-1-2-12(10-13)18(25)23-8-9-27-16-6-7-22(11-15(16)23)19(26)17(24)21-14-4-5-14/h1-3,10,14-16H,4-9,11H2,(H,21,24)/t15-,16+/m0/s1. The predicted molar refractivity (Wildman–Crippen MR) is 98.4 cm³/mol. The van der Waals surface area contributed by atoms with Crippen molar-refractivity contribution in [1.29, 1.82) is 0 Å². The Bertz CT molecular complexity index is 767. The number of carbonyl (C=O) groups is 3. The summed E-state index contributed by atoms with van der Waals surface area (Å²) in [6, 6.07) is 6.71. The fourth-order valence-corrected chi connectivity index (χ4v) is 3.90. The molecule has 0 bridgehead atoms. The van der Waals surface area contributed by atoms with Gasteiger partial charge in [-0.1, -0.05) is 17.7 Å². The highest BCUT2D eigenvalue weighted by Gasteiger charge is 2.42. The number of nitrogens with zero attached hydrogens (tertiary/aromatic N) is 2. The van der Waals surface area contributed by atoms with Crippen LogP contribution in [-0.4, -0.2) is 72.0 Å². The van der Waals surface area contributed by atoms with E-state index < -0.39 is 11.8 Å². The maximum atomic E-state index is 13.0. The van der Waals surface area contributed by atoms with Gasteiger partial charge < -0.3 is 19.9 Å².